The highest BCUT2D eigenvalue weighted by Crippen LogP contribution is 2.33. The first-order valence-electron chi connectivity index (χ1n) is 3.35. The minimum absolute atomic E-state index is 0.482. The molecule has 2 atom stereocenters. The van der Waals surface area contributed by atoms with Crippen molar-refractivity contribution in [1.29, 1.82) is 0 Å². The molecular weight excluding hydrogens is 191 g/mol. The van der Waals surface area contributed by atoms with Crippen LogP contribution in [0.5, 0.6) is 0 Å². The van der Waals surface area contributed by atoms with E-state index in [4.69, 9.17) is 15.9 Å². The van der Waals surface area contributed by atoms with Gasteiger partial charge in [0.05, 0.1) is 0 Å². The first kappa shape index (κ1) is 12.2. The van der Waals surface area contributed by atoms with E-state index in [0.717, 1.165) is 0 Å². The molecule has 2 unspecified atom stereocenters. The van der Waals surface area contributed by atoms with Gasteiger partial charge in [0.1, 0.15) is 6.04 Å². The number of carbonyl (C=O) groups is 1. The number of carboxylic acid groups (broad SMARTS) is 1. The summed E-state index contributed by atoms with van der Waals surface area (Å²) in [6, 6.07) is -1.73. The van der Waals surface area contributed by atoms with Crippen LogP contribution in [0.2, 0.25) is 0 Å². The molecule has 0 radical (unpaired) electrons. The van der Waals surface area contributed by atoms with Crippen molar-refractivity contribution in [3.63, 3.8) is 0 Å². The van der Waals surface area contributed by atoms with E-state index in [1.165, 1.54) is 0 Å². The Morgan fingerprint density at radius 3 is 2.15 bits per heavy atom. The summed E-state index contributed by atoms with van der Waals surface area (Å²) in [5.41, 5.74) is 1.78. The van der Waals surface area contributed by atoms with E-state index in [1.807, 2.05) is 0 Å². The zero-order chi connectivity index (χ0) is 10.9. The molecule has 0 bridgehead atoms. The van der Waals surface area contributed by atoms with E-state index in [-0.39, 0.29) is 0 Å². The van der Waals surface area contributed by atoms with Gasteiger partial charge in [-0.05, 0) is 6.92 Å². The Bertz CT molecular complexity index is 202. The number of alkyl halides is 3. The molecule has 0 aromatic carbocycles. The fourth-order valence-corrected chi connectivity index (χ4v) is 0.631. The zero-order valence-electron chi connectivity index (χ0n) is 6.80. The van der Waals surface area contributed by atoms with Crippen molar-refractivity contribution < 1.29 is 28.2 Å². The summed E-state index contributed by atoms with van der Waals surface area (Å²) in [4.78, 5) is 10.1. The first-order chi connectivity index (χ1) is 5.58. The molecule has 0 spiro atoms. The summed E-state index contributed by atoms with van der Waals surface area (Å²) in [5, 5.41) is 17.0. The van der Waals surface area contributed by atoms with Gasteiger partial charge in [-0.15, -0.1) is 0 Å². The van der Waals surface area contributed by atoms with Crippen molar-refractivity contribution in [3.8, 4) is 0 Å². The lowest BCUT2D eigenvalue weighted by molar-refractivity contribution is -0.256. The normalized spacial score (nSPS) is 19.2. The van der Waals surface area contributed by atoms with E-state index < -0.39 is 30.2 Å². The van der Waals surface area contributed by atoms with Crippen LogP contribution < -0.4 is 5.73 Å². The predicted molar refractivity (Wildman–Crippen MR) is 36.9 cm³/mol. The largest absolute Gasteiger partial charge is 0.480 e. The van der Waals surface area contributed by atoms with E-state index >= 15 is 0 Å². The topological polar surface area (TPSA) is 83.5 Å². The highest BCUT2D eigenvalue weighted by molar-refractivity contribution is 5.73. The highest BCUT2D eigenvalue weighted by Gasteiger charge is 2.51. The maximum absolute atomic E-state index is 12.0. The summed E-state index contributed by atoms with van der Waals surface area (Å²) in [7, 11) is 0. The highest BCUT2D eigenvalue weighted by atomic mass is 19.4. The Hall–Kier alpha value is -0.820. The number of halogens is 3. The quantitative estimate of drug-likeness (QED) is 0.604. The van der Waals surface area contributed by atoms with Crippen LogP contribution in [-0.2, 0) is 4.79 Å². The molecule has 0 aromatic heterocycles. The minimum Gasteiger partial charge on any atom is -0.480 e. The Morgan fingerprint density at radius 2 is 1.92 bits per heavy atom. The fourth-order valence-electron chi connectivity index (χ4n) is 0.631. The third-order valence-corrected chi connectivity index (χ3v) is 1.55. The zero-order valence-corrected chi connectivity index (χ0v) is 6.80. The second-order valence-electron chi connectivity index (χ2n) is 2.92. The monoisotopic (exact) mass is 201 g/mol. The fraction of sp³-hybridized carbons (Fsp3) is 0.833. The van der Waals surface area contributed by atoms with Gasteiger partial charge >= 0.3 is 12.1 Å². The third kappa shape index (κ3) is 3.19. The number of hydrogen-bond donors (Lipinski definition) is 3. The van der Waals surface area contributed by atoms with Crippen LogP contribution in [0.25, 0.3) is 0 Å². The molecule has 0 saturated heterocycles. The van der Waals surface area contributed by atoms with E-state index in [9.17, 15) is 18.0 Å². The SMILES string of the molecule is CC(O)(CC(N)C(=O)O)C(F)(F)F. The van der Waals surface area contributed by atoms with Crippen molar-refractivity contribution in [2.45, 2.75) is 31.2 Å². The van der Waals surface area contributed by atoms with Gasteiger partial charge in [-0.25, -0.2) is 0 Å². The first-order valence-corrected chi connectivity index (χ1v) is 3.35. The molecule has 4 N–H and O–H groups in total. The molecule has 0 aliphatic rings. The Labute approximate surface area is 72.2 Å². The number of carboxylic acids is 1. The number of aliphatic hydroxyl groups is 1. The molecule has 0 amide bonds. The summed E-state index contributed by atoms with van der Waals surface area (Å²) in [5.74, 6) is -1.58. The van der Waals surface area contributed by atoms with Crippen molar-refractivity contribution >= 4 is 5.97 Å². The maximum atomic E-state index is 12.0. The molecule has 0 aliphatic carbocycles. The molecule has 0 rings (SSSR count). The van der Waals surface area contributed by atoms with Crippen LogP contribution in [0.3, 0.4) is 0 Å². The van der Waals surface area contributed by atoms with Crippen LogP contribution in [0.1, 0.15) is 13.3 Å². The second-order valence-corrected chi connectivity index (χ2v) is 2.92. The van der Waals surface area contributed by atoms with Crippen LogP contribution >= 0.6 is 0 Å². The molecule has 78 valence electrons. The lowest BCUT2D eigenvalue weighted by atomic mass is 9.97. The van der Waals surface area contributed by atoms with Crippen LogP contribution in [0, 0.1) is 0 Å². The van der Waals surface area contributed by atoms with Gasteiger partial charge in [0.25, 0.3) is 0 Å². The molecule has 7 heteroatoms. The summed E-state index contributed by atoms with van der Waals surface area (Å²) >= 11 is 0. The average Bonchev–Trinajstić information content (AvgIpc) is 1.83. The Balaban J connectivity index is 4.43. The van der Waals surface area contributed by atoms with Crippen LogP contribution in [0.15, 0.2) is 0 Å². The van der Waals surface area contributed by atoms with Crippen molar-refractivity contribution in [2.75, 3.05) is 0 Å². The van der Waals surface area contributed by atoms with Crippen LogP contribution in [-0.4, -0.2) is 34.0 Å². The molecule has 0 fully saturated rings. The van der Waals surface area contributed by atoms with Crippen molar-refractivity contribution in [2.24, 2.45) is 5.73 Å². The predicted octanol–water partition coefficient (Wildman–Crippen LogP) is 0.102. The molecule has 4 nitrogen and oxygen atoms in total. The lowest BCUT2D eigenvalue weighted by Crippen LogP contribution is -2.48. The Morgan fingerprint density at radius 1 is 1.54 bits per heavy atom. The van der Waals surface area contributed by atoms with Crippen molar-refractivity contribution in [3.05, 3.63) is 0 Å². The van der Waals surface area contributed by atoms with Gasteiger partial charge in [-0.3, -0.25) is 4.79 Å². The maximum Gasteiger partial charge on any atom is 0.416 e. The summed E-state index contributed by atoms with van der Waals surface area (Å²) in [6.07, 6.45) is -5.94. The standard InChI is InChI=1S/C6H10F3NO3/c1-5(13,6(7,8)9)2-3(10)4(11)12/h3,13H,2,10H2,1H3,(H,11,12). The molecular formula is C6H10F3NO3. The smallest absolute Gasteiger partial charge is 0.416 e. The van der Waals surface area contributed by atoms with Gasteiger partial charge in [0.15, 0.2) is 5.60 Å². The molecule has 0 aromatic rings. The summed E-state index contributed by atoms with van der Waals surface area (Å²) < 4.78 is 35.9. The van der Waals surface area contributed by atoms with E-state index in [0.29, 0.717) is 6.92 Å². The van der Waals surface area contributed by atoms with Crippen LogP contribution in [0.4, 0.5) is 13.2 Å². The van der Waals surface area contributed by atoms with Crippen molar-refractivity contribution in [1.82, 2.24) is 0 Å². The van der Waals surface area contributed by atoms with Gasteiger partial charge in [-0.2, -0.15) is 13.2 Å². The number of nitrogens with two attached hydrogens (primary N) is 1. The second kappa shape index (κ2) is 3.51. The van der Waals surface area contributed by atoms with Gasteiger partial charge in [-0.1, -0.05) is 0 Å². The molecule has 13 heavy (non-hydrogen) atoms. The average molecular weight is 201 g/mol. The summed E-state index contributed by atoms with van der Waals surface area (Å²) in [6.45, 7) is 0.482. The Kier molecular flexibility index (Phi) is 3.28. The molecule has 0 aliphatic heterocycles. The van der Waals surface area contributed by atoms with E-state index in [1.54, 1.807) is 0 Å². The number of aliphatic carboxylic acids is 1. The third-order valence-electron chi connectivity index (χ3n) is 1.55. The number of hydrogen-bond acceptors (Lipinski definition) is 3. The van der Waals surface area contributed by atoms with Gasteiger partial charge < -0.3 is 15.9 Å². The molecule has 0 heterocycles. The lowest BCUT2D eigenvalue weighted by Gasteiger charge is -2.27. The molecule has 0 saturated carbocycles. The van der Waals surface area contributed by atoms with E-state index in [2.05, 4.69) is 0 Å². The number of rotatable bonds is 3. The van der Waals surface area contributed by atoms with Gasteiger partial charge in [0, 0.05) is 6.42 Å². The minimum atomic E-state index is -4.87. The van der Waals surface area contributed by atoms with Gasteiger partial charge in [0.2, 0.25) is 0 Å².